The van der Waals surface area contributed by atoms with Crippen molar-refractivity contribution in [3.8, 4) is 0 Å². The summed E-state index contributed by atoms with van der Waals surface area (Å²) < 4.78 is 15.7. The fraction of sp³-hybridized carbons (Fsp3) is 1.00. The summed E-state index contributed by atoms with van der Waals surface area (Å²) in [5, 5.41) is 0. The minimum atomic E-state index is -0.0718. The zero-order chi connectivity index (χ0) is 7.40. The summed E-state index contributed by atoms with van der Waals surface area (Å²) in [6.45, 7) is 3.40. The van der Waals surface area contributed by atoms with Gasteiger partial charge in [-0.3, -0.25) is 0 Å². The fourth-order valence-corrected chi connectivity index (χ4v) is 0.969. The van der Waals surface area contributed by atoms with E-state index in [1.807, 2.05) is 6.92 Å². The summed E-state index contributed by atoms with van der Waals surface area (Å²) in [6, 6.07) is 0. The number of ether oxygens (including phenoxy) is 3. The third-order valence-electron chi connectivity index (χ3n) is 1.50. The van der Waals surface area contributed by atoms with E-state index in [1.165, 1.54) is 0 Å². The molecule has 2 atom stereocenters. The summed E-state index contributed by atoms with van der Waals surface area (Å²) in [6.07, 6.45) is 0.922. The Labute approximate surface area is 61.3 Å². The summed E-state index contributed by atoms with van der Waals surface area (Å²) in [4.78, 5) is 0. The van der Waals surface area contributed by atoms with Gasteiger partial charge >= 0.3 is 0 Å². The highest BCUT2D eigenvalue weighted by molar-refractivity contribution is 4.55. The highest BCUT2D eigenvalue weighted by Gasteiger charge is 2.16. The largest absolute Gasteiger partial charge is 0.379 e. The van der Waals surface area contributed by atoms with Crippen molar-refractivity contribution in [2.45, 2.75) is 25.7 Å². The van der Waals surface area contributed by atoms with Crippen molar-refractivity contribution in [1.29, 1.82) is 0 Å². The minimum Gasteiger partial charge on any atom is -0.379 e. The molecule has 1 aliphatic heterocycles. The van der Waals surface area contributed by atoms with Gasteiger partial charge in [-0.25, -0.2) is 0 Å². The van der Waals surface area contributed by atoms with Gasteiger partial charge in [0, 0.05) is 13.5 Å². The molecule has 10 heavy (non-hydrogen) atoms. The van der Waals surface area contributed by atoms with Crippen LogP contribution in [0.1, 0.15) is 13.3 Å². The van der Waals surface area contributed by atoms with E-state index in [4.69, 9.17) is 14.2 Å². The molecule has 60 valence electrons. The third kappa shape index (κ3) is 2.25. The van der Waals surface area contributed by atoms with E-state index in [1.54, 1.807) is 7.11 Å². The van der Waals surface area contributed by atoms with Crippen LogP contribution in [-0.2, 0) is 14.2 Å². The van der Waals surface area contributed by atoms with Crippen molar-refractivity contribution in [2.75, 3.05) is 20.3 Å². The van der Waals surface area contributed by atoms with Crippen LogP contribution < -0.4 is 0 Å². The van der Waals surface area contributed by atoms with Crippen molar-refractivity contribution in [1.82, 2.24) is 0 Å². The quantitative estimate of drug-likeness (QED) is 0.547. The van der Waals surface area contributed by atoms with Crippen molar-refractivity contribution in [3.05, 3.63) is 0 Å². The molecule has 3 nitrogen and oxygen atoms in total. The molecule has 0 spiro atoms. The number of rotatable bonds is 1. The molecule has 0 aromatic heterocycles. The molecule has 1 rings (SSSR count). The van der Waals surface area contributed by atoms with Gasteiger partial charge in [0.05, 0.1) is 19.3 Å². The van der Waals surface area contributed by atoms with Gasteiger partial charge in [-0.2, -0.15) is 0 Å². The monoisotopic (exact) mass is 146 g/mol. The summed E-state index contributed by atoms with van der Waals surface area (Å²) in [7, 11) is 1.66. The lowest BCUT2D eigenvalue weighted by Gasteiger charge is -2.15. The second-order valence-electron chi connectivity index (χ2n) is 2.48. The molecule has 3 heteroatoms. The first-order valence-corrected chi connectivity index (χ1v) is 3.59. The second-order valence-corrected chi connectivity index (χ2v) is 2.48. The number of hydrogen-bond acceptors (Lipinski definition) is 3. The molecule has 1 saturated heterocycles. The van der Waals surface area contributed by atoms with E-state index in [-0.39, 0.29) is 12.4 Å². The number of methoxy groups -OCH3 is 1. The predicted molar refractivity (Wildman–Crippen MR) is 36.8 cm³/mol. The first-order chi connectivity index (χ1) is 4.83. The van der Waals surface area contributed by atoms with E-state index < -0.39 is 0 Å². The first-order valence-electron chi connectivity index (χ1n) is 3.59. The average Bonchev–Trinajstić information content (AvgIpc) is 2.13. The van der Waals surface area contributed by atoms with Gasteiger partial charge in [0.25, 0.3) is 0 Å². The van der Waals surface area contributed by atoms with Crippen molar-refractivity contribution < 1.29 is 14.2 Å². The van der Waals surface area contributed by atoms with Crippen LogP contribution in [0.5, 0.6) is 0 Å². The van der Waals surface area contributed by atoms with Crippen LogP contribution in [0.25, 0.3) is 0 Å². The predicted octanol–water partition coefficient (Wildman–Crippen LogP) is 0.784. The zero-order valence-corrected chi connectivity index (χ0v) is 6.50. The van der Waals surface area contributed by atoms with E-state index in [0.717, 1.165) is 13.0 Å². The Morgan fingerprint density at radius 1 is 1.50 bits per heavy atom. The molecule has 0 aliphatic carbocycles. The summed E-state index contributed by atoms with van der Waals surface area (Å²) in [5.74, 6) is 0. The molecule has 0 amide bonds. The SMILES string of the molecule is CO[C@H]1CCOC[C@H](C)O1. The van der Waals surface area contributed by atoms with Crippen LogP contribution in [0, 0.1) is 0 Å². The van der Waals surface area contributed by atoms with Gasteiger partial charge < -0.3 is 14.2 Å². The lowest BCUT2D eigenvalue weighted by Crippen LogP contribution is -2.20. The van der Waals surface area contributed by atoms with Crippen LogP contribution in [-0.4, -0.2) is 32.7 Å². The summed E-state index contributed by atoms with van der Waals surface area (Å²) in [5.41, 5.74) is 0. The molecule has 0 radical (unpaired) electrons. The van der Waals surface area contributed by atoms with Crippen LogP contribution in [0.4, 0.5) is 0 Å². The Hall–Kier alpha value is -0.120. The van der Waals surface area contributed by atoms with Gasteiger partial charge in [-0.1, -0.05) is 0 Å². The Kier molecular flexibility index (Phi) is 3.12. The lowest BCUT2D eigenvalue weighted by atomic mass is 10.4. The Morgan fingerprint density at radius 3 is 3.00 bits per heavy atom. The molecule has 1 heterocycles. The van der Waals surface area contributed by atoms with Crippen LogP contribution in [0.15, 0.2) is 0 Å². The van der Waals surface area contributed by atoms with E-state index in [2.05, 4.69) is 0 Å². The highest BCUT2D eigenvalue weighted by Crippen LogP contribution is 2.08. The van der Waals surface area contributed by atoms with Gasteiger partial charge in [-0.15, -0.1) is 0 Å². The molecule has 0 N–H and O–H groups in total. The normalized spacial score (nSPS) is 35.4. The molecule has 1 aliphatic rings. The third-order valence-corrected chi connectivity index (χ3v) is 1.50. The molecule has 0 saturated carbocycles. The first kappa shape index (κ1) is 7.98. The van der Waals surface area contributed by atoms with E-state index in [0.29, 0.717) is 6.61 Å². The highest BCUT2D eigenvalue weighted by atomic mass is 16.7. The van der Waals surface area contributed by atoms with Crippen LogP contribution >= 0.6 is 0 Å². The second kappa shape index (κ2) is 3.91. The van der Waals surface area contributed by atoms with Gasteiger partial charge in [0.2, 0.25) is 0 Å². The summed E-state index contributed by atoms with van der Waals surface area (Å²) >= 11 is 0. The van der Waals surface area contributed by atoms with Crippen molar-refractivity contribution in [2.24, 2.45) is 0 Å². The Morgan fingerprint density at radius 2 is 2.30 bits per heavy atom. The lowest BCUT2D eigenvalue weighted by molar-refractivity contribution is -0.145. The number of hydrogen-bond donors (Lipinski definition) is 0. The minimum absolute atomic E-state index is 0.0718. The zero-order valence-electron chi connectivity index (χ0n) is 6.50. The van der Waals surface area contributed by atoms with Crippen molar-refractivity contribution in [3.63, 3.8) is 0 Å². The topological polar surface area (TPSA) is 27.7 Å². The fourth-order valence-electron chi connectivity index (χ4n) is 0.969. The Balaban J connectivity index is 2.30. The molecule has 0 aromatic rings. The molecule has 0 unspecified atom stereocenters. The van der Waals surface area contributed by atoms with Gasteiger partial charge in [0.1, 0.15) is 0 Å². The van der Waals surface area contributed by atoms with Crippen LogP contribution in [0.2, 0.25) is 0 Å². The van der Waals surface area contributed by atoms with E-state index >= 15 is 0 Å². The molecular formula is C7H14O3. The molecule has 0 aromatic carbocycles. The maximum absolute atomic E-state index is 5.41. The van der Waals surface area contributed by atoms with Crippen molar-refractivity contribution >= 4 is 0 Å². The van der Waals surface area contributed by atoms with E-state index in [9.17, 15) is 0 Å². The standard InChI is InChI=1S/C7H14O3/c1-6-5-9-4-3-7(8-2)10-6/h6-7H,3-5H2,1-2H3/t6-,7+/m0/s1. The maximum Gasteiger partial charge on any atom is 0.159 e. The van der Waals surface area contributed by atoms with Crippen LogP contribution in [0.3, 0.4) is 0 Å². The average molecular weight is 146 g/mol. The van der Waals surface area contributed by atoms with Gasteiger partial charge in [-0.05, 0) is 6.92 Å². The Bertz CT molecular complexity index is 94.9. The molecule has 1 fully saturated rings. The molecular weight excluding hydrogens is 132 g/mol. The maximum atomic E-state index is 5.41. The van der Waals surface area contributed by atoms with Gasteiger partial charge in [0.15, 0.2) is 6.29 Å². The molecule has 0 bridgehead atoms. The smallest absolute Gasteiger partial charge is 0.159 e.